The summed E-state index contributed by atoms with van der Waals surface area (Å²) in [4.78, 5) is 0. The van der Waals surface area contributed by atoms with Gasteiger partial charge in [0, 0.05) is 11.6 Å². The Kier molecular flexibility index (Phi) is 4.95. The van der Waals surface area contributed by atoms with Crippen molar-refractivity contribution in [1.29, 1.82) is 0 Å². The molecular weight excluding hydrogens is 233 g/mol. The molecule has 0 saturated heterocycles. The fourth-order valence-electron chi connectivity index (χ4n) is 1.09. The third kappa shape index (κ3) is 3.74. The van der Waals surface area contributed by atoms with Gasteiger partial charge in [-0.05, 0) is 30.7 Å². The van der Waals surface area contributed by atoms with Crippen LogP contribution in [-0.2, 0) is 0 Å². The van der Waals surface area contributed by atoms with Crippen LogP contribution in [0.1, 0.15) is 18.5 Å². The van der Waals surface area contributed by atoms with Gasteiger partial charge in [0.25, 0.3) is 0 Å². The zero-order valence-electron chi connectivity index (χ0n) is 8.41. The van der Waals surface area contributed by atoms with Crippen LogP contribution in [0.5, 0.6) is 5.75 Å². The molecule has 4 heteroatoms. The monoisotopic (exact) mass is 245 g/mol. The van der Waals surface area contributed by atoms with Crippen molar-refractivity contribution in [2.24, 2.45) is 5.73 Å². The van der Waals surface area contributed by atoms with Crippen LogP contribution >= 0.6 is 23.2 Å². The van der Waals surface area contributed by atoms with Crippen LogP contribution in [0.25, 0.3) is 0 Å². The largest absolute Gasteiger partial charge is 0.488 e. The zero-order valence-corrected chi connectivity index (χ0v) is 9.92. The Bertz CT molecular complexity index is 350. The molecular formula is C11H13Cl2NO. The van der Waals surface area contributed by atoms with Gasteiger partial charge in [-0.25, -0.2) is 0 Å². The number of rotatable bonds is 4. The van der Waals surface area contributed by atoms with Crippen LogP contribution in [0.4, 0.5) is 0 Å². The summed E-state index contributed by atoms with van der Waals surface area (Å²) in [7, 11) is 0. The van der Waals surface area contributed by atoms with Gasteiger partial charge in [-0.3, -0.25) is 0 Å². The van der Waals surface area contributed by atoms with Crippen molar-refractivity contribution in [2.75, 3.05) is 6.61 Å². The summed E-state index contributed by atoms with van der Waals surface area (Å²) in [6.45, 7) is 2.31. The minimum Gasteiger partial charge on any atom is -0.488 e. The molecule has 0 aliphatic heterocycles. The first-order valence-corrected chi connectivity index (χ1v) is 5.39. The van der Waals surface area contributed by atoms with E-state index < -0.39 is 0 Å². The van der Waals surface area contributed by atoms with Gasteiger partial charge in [-0.15, -0.1) is 0 Å². The summed E-state index contributed by atoms with van der Waals surface area (Å²) in [6.07, 6.45) is 1.69. The van der Waals surface area contributed by atoms with Crippen LogP contribution in [0.3, 0.4) is 0 Å². The Morgan fingerprint density at radius 1 is 1.53 bits per heavy atom. The van der Waals surface area contributed by atoms with E-state index in [1.807, 2.05) is 25.1 Å². The summed E-state index contributed by atoms with van der Waals surface area (Å²) in [5, 5.41) is 0.563. The van der Waals surface area contributed by atoms with Crippen LogP contribution in [0.2, 0.25) is 5.02 Å². The summed E-state index contributed by atoms with van der Waals surface area (Å²) < 4.78 is 5.37. The number of ether oxygens (including phenoxy) is 1. The third-order valence-corrected chi connectivity index (χ3v) is 2.38. The Morgan fingerprint density at radius 2 is 2.27 bits per heavy atom. The van der Waals surface area contributed by atoms with Gasteiger partial charge in [0.1, 0.15) is 12.4 Å². The lowest BCUT2D eigenvalue weighted by molar-refractivity contribution is 0.363. The topological polar surface area (TPSA) is 35.2 Å². The maximum absolute atomic E-state index is 6.01. The number of hydrogen-bond acceptors (Lipinski definition) is 2. The molecule has 0 radical (unpaired) electrons. The van der Waals surface area contributed by atoms with E-state index in [0.29, 0.717) is 17.4 Å². The lowest BCUT2D eigenvalue weighted by atomic mass is 10.1. The highest BCUT2D eigenvalue weighted by Crippen LogP contribution is 2.27. The molecule has 1 aromatic rings. The van der Waals surface area contributed by atoms with Gasteiger partial charge < -0.3 is 10.5 Å². The smallest absolute Gasteiger partial charge is 0.138 e. The average molecular weight is 246 g/mol. The van der Waals surface area contributed by atoms with E-state index in [2.05, 4.69) is 0 Å². The third-order valence-electron chi connectivity index (χ3n) is 1.91. The number of nitrogens with two attached hydrogens (primary N) is 1. The number of hydrogen-bond donors (Lipinski definition) is 1. The fraction of sp³-hybridized carbons (Fsp3) is 0.273. The first-order valence-electron chi connectivity index (χ1n) is 4.58. The van der Waals surface area contributed by atoms with Crippen LogP contribution < -0.4 is 10.5 Å². The molecule has 15 heavy (non-hydrogen) atoms. The van der Waals surface area contributed by atoms with E-state index in [0.717, 1.165) is 5.56 Å². The molecule has 1 aromatic carbocycles. The second kappa shape index (κ2) is 6.01. The molecule has 1 rings (SSSR count). The van der Waals surface area contributed by atoms with E-state index in [1.165, 1.54) is 5.54 Å². The van der Waals surface area contributed by atoms with Crippen molar-refractivity contribution < 1.29 is 4.74 Å². The first-order chi connectivity index (χ1) is 7.15. The van der Waals surface area contributed by atoms with Crippen molar-refractivity contribution in [2.45, 2.75) is 13.0 Å². The molecule has 0 aromatic heterocycles. The normalized spacial score (nSPS) is 13.1. The molecule has 1 atom stereocenters. The molecule has 0 spiro atoms. The van der Waals surface area contributed by atoms with Crippen LogP contribution in [-0.4, -0.2) is 6.61 Å². The minimum atomic E-state index is -0.0284. The molecule has 2 nitrogen and oxygen atoms in total. The quantitative estimate of drug-likeness (QED) is 0.882. The van der Waals surface area contributed by atoms with E-state index in [-0.39, 0.29) is 6.04 Å². The van der Waals surface area contributed by atoms with Crippen LogP contribution in [0.15, 0.2) is 29.8 Å². The standard InChI is InChI=1S/C11H13Cl2NO/c1-8(14)9-3-4-11(10(13)7-9)15-6-2-5-12/h2-5,7-8H,6,14H2,1H3/b5-2+/t8-/m1/s1. The Morgan fingerprint density at radius 3 is 2.80 bits per heavy atom. The number of halogens is 2. The fourth-order valence-corrected chi connectivity index (χ4v) is 1.41. The number of benzene rings is 1. The summed E-state index contributed by atoms with van der Waals surface area (Å²) in [6, 6.07) is 5.49. The van der Waals surface area contributed by atoms with Crippen molar-refractivity contribution in [3.63, 3.8) is 0 Å². The molecule has 0 saturated carbocycles. The van der Waals surface area contributed by atoms with E-state index in [9.17, 15) is 0 Å². The second-order valence-electron chi connectivity index (χ2n) is 3.15. The Hall–Kier alpha value is -0.700. The van der Waals surface area contributed by atoms with Gasteiger partial charge >= 0.3 is 0 Å². The maximum atomic E-state index is 6.01. The molecule has 0 bridgehead atoms. The molecule has 0 fully saturated rings. The summed E-state index contributed by atoms with van der Waals surface area (Å²) in [5.74, 6) is 0.635. The maximum Gasteiger partial charge on any atom is 0.138 e. The van der Waals surface area contributed by atoms with Crippen molar-refractivity contribution in [3.05, 3.63) is 40.4 Å². The van der Waals surface area contributed by atoms with Gasteiger partial charge in [0.2, 0.25) is 0 Å². The molecule has 82 valence electrons. The van der Waals surface area contributed by atoms with Crippen molar-refractivity contribution >= 4 is 23.2 Å². The van der Waals surface area contributed by atoms with Gasteiger partial charge in [-0.1, -0.05) is 29.3 Å². The van der Waals surface area contributed by atoms with Gasteiger partial charge in [0.15, 0.2) is 0 Å². The first kappa shape index (κ1) is 12.4. The highest BCUT2D eigenvalue weighted by Gasteiger charge is 2.04. The average Bonchev–Trinajstić information content (AvgIpc) is 2.20. The molecule has 0 aliphatic rings. The lowest BCUT2D eigenvalue weighted by Gasteiger charge is -2.09. The van der Waals surface area contributed by atoms with Gasteiger partial charge in [-0.2, -0.15) is 0 Å². The predicted octanol–water partition coefficient (Wildman–Crippen LogP) is 3.49. The SMILES string of the molecule is C[C@@H](N)c1ccc(OC/C=C/Cl)c(Cl)c1. The zero-order chi connectivity index (χ0) is 11.3. The summed E-state index contributed by atoms with van der Waals surface area (Å²) >= 11 is 11.4. The van der Waals surface area contributed by atoms with Gasteiger partial charge in [0.05, 0.1) is 5.02 Å². The highest BCUT2D eigenvalue weighted by atomic mass is 35.5. The van der Waals surface area contributed by atoms with E-state index in [1.54, 1.807) is 6.08 Å². The van der Waals surface area contributed by atoms with Crippen LogP contribution in [0, 0.1) is 0 Å². The molecule has 0 heterocycles. The Balaban J connectivity index is 2.74. The molecule has 0 aliphatic carbocycles. The molecule has 0 unspecified atom stereocenters. The molecule has 0 amide bonds. The van der Waals surface area contributed by atoms with Crippen molar-refractivity contribution in [3.8, 4) is 5.75 Å². The van der Waals surface area contributed by atoms with E-state index >= 15 is 0 Å². The van der Waals surface area contributed by atoms with E-state index in [4.69, 9.17) is 33.7 Å². The molecule has 2 N–H and O–H groups in total. The minimum absolute atomic E-state index is 0.0284. The second-order valence-corrected chi connectivity index (χ2v) is 3.81. The van der Waals surface area contributed by atoms with Crippen molar-refractivity contribution in [1.82, 2.24) is 0 Å². The summed E-state index contributed by atoms with van der Waals surface area (Å²) in [5.41, 5.74) is 8.12. The highest BCUT2D eigenvalue weighted by molar-refractivity contribution is 6.32. The predicted molar refractivity (Wildman–Crippen MR) is 64.5 cm³/mol. The lowest BCUT2D eigenvalue weighted by Crippen LogP contribution is -2.05. The Labute approximate surface area is 99.6 Å².